The van der Waals surface area contributed by atoms with Crippen molar-refractivity contribution in [3.05, 3.63) is 58.6 Å². The number of carbonyl (C=O) groups excluding carboxylic acids is 1. The molecule has 0 atom stereocenters. The number of rotatable bonds is 4. The molecule has 1 amide bonds. The highest BCUT2D eigenvalue weighted by Crippen LogP contribution is 2.13. The van der Waals surface area contributed by atoms with E-state index in [-0.39, 0.29) is 5.91 Å². The van der Waals surface area contributed by atoms with Gasteiger partial charge in [-0.3, -0.25) is 14.8 Å². The number of amides is 1. The molecule has 98 valence electrons. The average Bonchev–Trinajstić information content (AvgIpc) is 2.45. The molecule has 1 N–H and O–H groups in total. The van der Waals surface area contributed by atoms with Crippen LogP contribution in [0.25, 0.3) is 0 Å². The molecule has 0 radical (unpaired) electrons. The van der Waals surface area contributed by atoms with E-state index in [1.165, 1.54) is 6.20 Å². The van der Waals surface area contributed by atoms with Crippen LogP contribution in [0.3, 0.4) is 0 Å². The number of hydrogen-bond donors (Lipinski definition) is 1. The van der Waals surface area contributed by atoms with E-state index in [1.54, 1.807) is 18.5 Å². The molecule has 0 aliphatic heterocycles. The summed E-state index contributed by atoms with van der Waals surface area (Å²) < 4.78 is 0. The molecular weight excluding hydrogens is 262 g/mol. The van der Waals surface area contributed by atoms with Gasteiger partial charge in [0.05, 0.1) is 22.8 Å². The molecule has 0 bridgehead atoms. The van der Waals surface area contributed by atoms with Crippen LogP contribution in [0.5, 0.6) is 0 Å². The number of nitrogens with one attached hydrogen (secondary N) is 1. The Kier molecular flexibility index (Phi) is 4.47. The van der Waals surface area contributed by atoms with Crippen LogP contribution in [-0.2, 0) is 13.0 Å². The van der Waals surface area contributed by atoms with Crippen LogP contribution in [-0.4, -0.2) is 15.9 Å². The first kappa shape index (κ1) is 13.5. The first-order valence-corrected chi connectivity index (χ1v) is 6.40. The Balaban J connectivity index is 2.07. The van der Waals surface area contributed by atoms with Crippen LogP contribution in [0, 0.1) is 0 Å². The summed E-state index contributed by atoms with van der Waals surface area (Å²) in [6.45, 7) is 2.44. The highest BCUT2D eigenvalue weighted by molar-refractivity contribution is 6.33. The molecule has 0 unspecified atom stereocenters. The van der Waals surface area contributed by atoms with Crippen LogP contribution in [0.4, 0.5) is 0 Å². The molecule has 4 nitrogen and oxygen atoms in total. The molecule has 19 heavy (non-hydrogen) atoms. The fourth-order valence-corrected chi connectivity index (χ4v) is 1.95. The molecule has 0 aliphatic rings. The molecule has 5 heteroatoms. The van der Waals surface area contributed by atoms with Gasteiger partial charge in [-0.1, -0.05) is 24.6 Å². The van der Waals surface area contributed by atoms with Crippen LogP contribution < -0.4 is 5.32 Å². The average molecular weight is 276 g/mol. The zero-order valence-electron chi connectivity index (χ0n) is 10.6. The van der Waals surface area contributed by atoms with Gasteiger partial charge in [0, 0.05) is 18.6 Å². The van der Waals surface area contributed by atoms with Gasteiger partial charge in [-0.25, -0.2) is 0 Å². The van der Waals surface area contributed by atoms with Gasteiger partial charge in [0.1, 0.15) is 0 Å². The van der Waals surface area contributed by atoms with Crippen molar-refractivity contribution in [3.8, 4) is 0 Å². The van der Waals surface area contributed by atoms with Crippen LogP contribution in [0.2, 0.25) is 5.02 Å². The lowest BCUT2D eigenvalue weighted by Crippen LogP contribution is -2.24. The fourth-order valence-electron chi connectivity index (χ4n) is 1.76. The van der Waals surface area contributed by atoms with Crippen molar-refractivity contribution in [1.29, 1.82) is 0 Å². The maximum absolute atomic E-state index is 12.0. The van der Waals surface area contributed by atoms with E-state index in [4.69, 9.17) is 11.6 Å². The predicted molar refractivity (Wildman–Crippen MR) is 74.0 cm³/mol. The molecule has 2 aromatic rings. The second kappa shape index (κ2) is 6.29. The van der Waals surface area contributed by atoms with Gasteiger partial charge in [-0.15, -0.1) is 0 Å². The number of nitrogens with zero attached hydrogens (tertiary/aromatic N) is 2. The lowest BCUT2D eigenvalue weighted by molar-refractivity contribution is 0.0950. The van der Waals surface area contributed by atoms with Gasteiger partial charge in [0.2, 0.25) is 0 Å². The second-order valence-corrected chi connectivity index (χ2v) is 4.41. The molecule has 0 aliphatic carbocycles. The largest absolute Gasteiger partial charge is 0.346 e. The van der Waals surface area contributed by atoms with Crippen LogP contribution in [0.15, 0.2) is 36.8 Å². The van der Waals surface area contributed by atoms with Crippen molar-refractivity contribution in [2.75, 3.05) is 0 Å². The lowest BCUT2D eigenvalue weighted by atomic mass is 10.1. The van der Waals surface area contributed by atoms with E-state index in [2.05, 4.69) is 22.2 Å². The number of carbonyl (C=O) groups is 1. The predicted octanol–water partition coefficient (Wildman–Crippen LogP) is 2.62. The summed E-state index contributed by atoms with van der Waals surface area (Å²) in [6.07, 6.45) is 5.61. The third-order valence-electron chi connectivity index (χ3n) is 2.79. The Hall–Kier alpha value is -1.94. The van der Waals surface area contributed by atoms with Crippen molar-refractivity contribution in [3.63, 3.8) is 0 Å². The van der Waals surface area contributed by atoms with Gasteiger partial charge in [-0.2, -0.15) is 0 Å². The van der Waals surface area contributed by atoms with Crippen molar-refractivity contribution < 1.29 is 4.79 Å². The van der Waals surface area contributed by atoms with Crippen molar-refractivity contribution in [2.45, 2.75) is 19.9 Å². The maximum Gasteiger partial charge on any atom is 0.254 e. The Labute approximate surface area is 116 Å². The molecule has 0 saturated heterocycles. The number of aromatic nitrogens is 2. The first-order valence-electron chi connectivity index (χ1n) is 6.03. The van der Waals surface area contributed by atoms with E-state index < -0.39 is 0 Å². The van der Waals surface area contributed by atoms with Crippen molar-refractivity contribution >= 4 is 17.5 Å². The summed E-state index contributed by atoms with van der Waals surface area (Å²) in [5, 5.41) is 3.20. The Bertz CT molecular complexity index is 586. The zero-order valence-corrected chi connectivity index (χ0v) is 11.3. The summed E-state index contributed by atoms with van der Waals surface area (Å²) in [7, 11) is 0. The molecule has 0 fully saturated rings. The van der Waals surface area contributed by atoms with Gasteiger partial charge >= 0.3 is 0 Å². The SMILES string of the molecule is CCc1cccnc1CNC(=O)c1cnccc1Cl. The minimum atomic E-state index is -0.245. The fraction of sp³-hybridized carbons (Fsp3) is 0.214. The summed E-state index contributed by atoms with van der Waals surface area (Å²) >= 11 is 5.94. The molecule has 0 saturated carbocycles. The van der Waals surface area contributed by atoms with Gasteiger partial charge in [-0.05, 0) is 24.1 Å². The van der Waals surface area contributed by atoms with Crippen molar-refractivity contribution in [2.24, 2.45) is 0 Å². The molecule has 0 aromatic carbocycles. The maximum atomic E-state index is 12.0. The smallest absolute Gasteiger partial charge is 0.254 e. The monoisotopic (exact) mass is 275 g/mol. The van der Waals surface area contributed by atoms with Crippen LogP contribution >= 0.6 is 11.6 Å². The lowest BCUT2D eigenvalue weighted by Gasteiger charge is -2.08. The Morgan fingerprint density at radius 3 is 2.95 bits per heavy atom. The van der Waals surface area contributed by atoms with E-state index in [0.29, 0.717) is 17.1 Å². The molecule has 2 heterocycles. The standard InChI is InChI=1S/C14H14ClN3O/c1-2-10-4-3-6-17-13(10)9-18-14(19)11-8-16-7-5-12(11)15/h3-8H,2,9H2,1H3,(H,18,19). The minimum Gasteiger partial charge on any atom is -0.346 e. The Morgan fingerprint density at radius 1 is 1.37 bits per heavy atom. The van der Waals surface area contributed by atoms with E-state index in [0.717, 1.165) is 17.7 Å². The number of hydrogen-bond acceptors (Lipinski definition) is 3. The normalized spacial score (nSPS) is 10.2. The quantitative estimate of drug-likeness (QED) is 0.933. The molecule has 2 rings (SSSR count). The van der Waals surface area contributed by atoms with E-state index >= 15 is 0 Å². The molecule has 2 aromatic heterocycles. The third-order valence-corrected chi connectivity index (χ3v) is 3.12. The minimum absolute atomic E-state index is 0.245. The first-order chi connectivity index (χ1) is 9.22. The summed E-state index contributed by atoms with van der Waals surface area (Å²) in [5.41, 5.74) is 2.37. The second-order valence-electron chi connectivity index (χ2n) is 4.00. The highest BCUT2D eigenvalue weighted by atomic mass is 35.5. The van der Waals surface area contributed by atoms with Gasteiger partial charge in [0.25, 0.3) is 5.91 Å². The number of aryl methyl sites for hydroxylation is 1. The zero-order chi connectivity index (χ0) is 13.7. The highest BCUT2D eigenvalue weighted by Gasteiger charge is 2.10. The van der Waals surface area contributed by atoms with Gasteiger partial charge in [0.15, 0.2) is 0 Å². The number of halogens is 1. The summed E-state index contributed by atoms with van der Waals surface area (Å²) in [4.78, 5) is 20.1. The third kappa shape index (κ3) is 3.29. The van der Waals surface area contributed by atoms with Gasteiger partial charge < -0.3 is 5.32 Å². The molecular formula is C14H14ClN3O. The van der Waals surface area contributed by atoms with Crippen molar-refractivity contribution in [1.82, 2.24) is 15.3 Å². The topological polar surface area (TPSA) is 54.9 Å². The Morgan fingerprint density at radius 2 is 2.21 bits per heavy atom. The van der Waals surface area contributed by atoms with Crippen LogP contribution in [0.1, 0.15) is 28.5 Å². The van der Waals surface area contributed by atoms with E-state index in [1.807, 2.05) is 12.1 Å². The summed E-state index contributed by atoms with van der Waals surface area (Å²) in [5.74, 6) is -0.245. The molecule has 0 spiro atoms. The number of pyridine rings is 2. The van der Waals surface area contributed by atoms with E-state index in [9.17, 15) is 4.79 Å². The summed E-state index contributed by atoms with van der Waals surface area (Å²) in [6, 6.07) is 5.49.